The van der Waals surface area contributed by atoms with Crippen molar-refractivity contribution in [1.29, 1.82) is 0 Å². The fraction of sp³-hybridized carbons (Fsp3) is 0.0714. The van der Waals surface area contributed by atoms with Crippen LogP contribution in [-0.2, 0) is 0 Å². The fourth-order valence-corrected chi connectivity index (χ4v) is 6.43. The number of aryl methyl sites for hydroxylation is 1. The van der Waals surface area contributed by atoms with Crippen molar-refractivity contribution in [2.75, 3.05) is 0 Å². The number of nitrogens with zero attached hydrogens (tertiary/aromatic N) is 1. The molecule has 1 N–H and O–H groups in total. The number of aromatic amines is 1. The second kappa shape index (κ2) is 5.31. The van der Waals surface area contributed by atoms with Crippen LogP contribution in [0.15, 0.2) is 31.8 Å². The number of aromatic nitrogens is 2. The molecule has 0 saturated heterocycles. The molecule has 0 aliphatic rings. The summed E-state index contributed by atoms with van der Waals surface area (Å²) in [5.74, 6) is 0.960. The van der Waals surface area contributed by atoms with Gasteiger partial charge in [0.1, 0.15) is 11.3 Å². The van der Waals surface area contributed by atoms with Crippen LogP contribution in [0.4, 0.5) is 0 Å². The van der Waals surface area contributed by atoms with Gasteiger partial charge in [-0.1, -0.05) is 0 Å². The second-order valence-electron chi connectivity index (χ2n) is 4.51. The average Bonchev–Trinajstić information content (AvgIpc) is 3.15. The van der Waals surface area contributed by atoms with Crippen LogP contribution in [0.3, 0.4) is 0 Å². The number of hydrogen-bond acceptors (Lipinski definition) is 4. The van der Waals surface area contributed by atoms with E-state index < -0.39 is 0 Å². The molecule has 0 aromatic carbocycles. The molecule has 0 saturated carbocycles. The molecule has 106 valence electrons. The molecule has 21 heavy (non-hydrogen) atoms. The first kappa shape index (κ1) is 14.1. The molecule has 0 amide bonds. The van der Waals surface area contributed by atoms with Crippen molar-refractivity contribution in [2.24, 2.45) is 0 Å². The largest absolute Gasteiger partial charge is 0.341 e. The van der Waals surface area contributed by atoms with Gasteiger partial charge in [0.15, 0.2) is 0 Å². The van der Waals surface area contributed by atoms with Gasteiger partial charge in [-0.05, 0) is 63.0 Å². The Labute approximate surface area is 150 Å². The third-order valence-corrected chi connectivity index (χ3v) is 7.85. The van der Waals surface area contributed by atoms with E-state index in [0.29, 0.717) is 0 Å². The van der Waals surface area contributed by atoms with Gasteiger partial charge in [-0.15, -0.1) is 34.0 Å². The second-order valence-corrected chi connectivity index (χ2v) is 10.5. The van der Waals surface area contributed by atoms with Crippen LogP contribution < -0.4 is 0 Å². The first-order valence-corrected chi connectivity index (χ1v) is 10.2. The number of thiophene rings is 3. The lowest BCUT2D eigenvalue weighted by molar-refractivity contribution is 1.17. The van der Waals surface area contributed by atoms with E-state index in [1.54, 1.807) is 34.0 Å². The maximum atomic E-state index is 4.69. The summed E-state index contributed by atoms with van der Waals surface area (Å²) in [6.07, 6.45) is 0. The van der Waals surface area contributed by atoms with Gasteiger partial charge in [0.2, 0.25) is 0 Å². The van der Waals surface area contributed by atoms with Crippen molar-refractivity contribution >= 4 is 76.9 Å². The summed E-state index contributed by atoms with van der Waals surface area (Å²) in [7, 11) is 0. The molecule has 0 aliphatic carbocycles. The Morgan fingerprint density at radius 3 is 2.10 bits per heavy atom. The SMILES string of the molecule is Cc1nc2c(-c3ccc(Br)s3)sc(-c3ccc(Br)s3)c2[nH]1. The van der Waals surface area contributed by atoms with Crippen LogP contribution in [0.2, 0.25) is 0 Å². The third kappa shape index (κ3) is 2.45. The fourth-order valence-electron chi connectivity index (χ4n) is 2.23. The topological polar surface area (TPSA) is 28.7 Å². The predicted molar refractivity (Wildman–Crippen MR) is 101 cm³/mol. The summed E-state index contributed by atoms with van der Waals surface area (Å²) in [4.78, 5) is 13.1. The summed E-state index contributed by atoms with van der Waals surface area (Å²) >= 11 is 12.4. The molecular formula is C14H8Br2N2S3. The van der Waals surface area contributed by atoms with Crippen molar-refractivity contribution in [1.82, 2.24) is 9.97 Å². The van der Waals surface area contributed by atoms with Crippen LogP contribution in [0.1, 0.15) is 5.82 Å². The van der Waals surface area contributed by atoms with E-state index in [1.165, 1.54) is 19.5 Å². The van der Waals surface area contributed by atoms with Crippen LogP contribution in [0.5, 0.6) is 0 Å². The molecule has 0 unspecified atom stereocenters. The van der Waals surface area contributed by atoms with Gasteiger partial charge in [0.25, 0.3) is 0 Å². The highest BCUT2D eigenvalue weighted by Gasteiger charge is 2.19. The van der Waals surface area contributed by atoms with Gasteiger partial charge in [0, 0.05) is 9.75 Å². The quantitative estimate of drug-likeness (QED) is 0.346. The molecule has 4 aromatic heterocycles. The van der Waals surface area contributed by atoms with Gasteiger partial charge >= 0.3 is 0 Å². The number of hydrogen-bond donors (Lipinski definition) is 1. The van der Waals surface area contributed by atoms with Crippen LogP contribution in [-0.4, -0.2) is 9.97 Å². The highest BCUT2D eigenvalue weighted by atomic mass is 79.9. The van der Waals surface area contributed by atoms with Crippen molar-refractivity contribution < 1.29 is 0 Å². The first-order valence-electron chi connectivity index (χ1n) is 6.12. The number of halogens is 2. The van der Waals surface area contributed by atoms with E-state index in [1.807, 2.05) is 6.92 Å². The van der Waals surface area contributed by atoms with Crippen molar-refractivity contribution in [3.05, 3.63) is 37.7 Å². The smallest absolute Gasteiger partial charge is 0.109 e. The Morgan fingerprint density at radius 1 is 0.905 bits per heavy atom. The van der Waals surface area contributed by atoms with E-state index in [-0.39, 0.29) is 0 Å². The van der Waals surface area contributed by atoms with Gasteiger partial charge < -0.3 is 4.98 Å². The normalized spacial score (nSPS) is 11.6. The third-order valence-electron chi connectivity index (χ3n) is 3.06. The lowest BCUT2D eigenvalue weighted by atomic mass is 10.3. The minimum Gasteiger partial charge on any atom is -0.341 e. The van der Waals surface area contributed by atoms with Gasteiger partial charge in [0.05, 0.1) is 22.8 Å². The number of imidazole rings is 1. The lowest BCUT2D eigenvalue weighted by Gasteiger charge is -1.92. The summed E-state index contributed by atoms with van der Waals surface area (Å²) in [5, 5.41) is 0. The van der Waals surface area contributed by atoms with E-state index in [0.717, 1.165) is 24.4 Å². The van der Waals surface area contributed by atoms with Gasteiger partial charge in [-0.2, -0.15) is 0 Å². The Morgan fingerprint density at radius 2 is 1.52 bits per heavy atom. The molecule has 0 bridgehead atoms. The molecule has 0 spiro atoms. The molecule has 0 atom stereocenters. The number of rotatable bonds is 2. The van der Waals surface area contributed by atoms with Crippen molar-refractivity contribution in [3.63, 3.8) is 0 Å². The molecule has 0 aliphatic heterocycles. The van der Waals surface area contributed by atoms with Crippen LogP contribution in [0, 0.1) is 6.92 Å². The highest BCUT2D eigenvalue weighted by Crippen LogP contribution is 2.47. The maximum absolute atomic E-state index is 4.69. The van der Waals surface area contributed by atoms with Crippen LogP contribution in [0.25, 0.3) is 30.5 Å². The van der Waals surface area contributed by atoms with E-state index in [4.69, 9.17) is 4.98 Å². The Bertz CT molecular complexity index is 872. The zero-order chi connectivity index (χ0) is 14.6. The zero-order valence-electron chi connectivity index (χ0n) is 10.7. The van der Waals surface area contributed by atoms with E-state index in [9.17, 15) is 0 Å². The molecule has 4 aromatic rings. The molecule has 4 heterocycles. The van der Waals surface area contributed by atoms with Crippen molar-refractivity contribution in [2.45, 2.75) is 6.92 Å². The Kier molecular flexibility index (Phi) is 3.58. The average molecular weight is 460 g/mol. The van der Waals surface area contributed by atoms with E-state index in [2.05, 4.69) is 61.1 Å². The molecule has 0 radical (unpaired) electrons. The molecule has 7 heteroatoms. The van der Waals surface area contributed by atoms with Gasteiger partial charge in [-0.25, -0.2) is 4.98 Å². The Balaban J connectivity index is 2.00. The summed E-state index contributed by atoms with van der Waals surface area (Å²) in [6, 6.07) is 8.49. The predicted octanol–water partition coefficient (Wildman–Crippen LogP) is 6.91. The minimum atomic E-state index is 0.960. The number of H-pyrrole nitrogens is 1. The van der Waals surface area contributed by atoms with Crippen LogP contribution >= 0.6 is 65.9 Å². The summed E-state index contributed by atoms with van der Waals surface area (Å²) < 4.78 is 2.29. The zero-order valence-corrected chi connectivity index (χ0v) is 16.4. The maximum Gasteiger partial charge on any atom is 0.109 e. The number of nitrogens with one attached hydrogen (secondary N) is 1. The summed E-state index contributed by atoms with van der Waals surface area (Å²) in [5.41, 5.74) is 2.22. The molecular weight excluding hydrogens is 452 g/mol. The Hall–Kier alpha value is -0.470. The lowest BCUT2D eigenvalue weighted by Crippen LogP contribution is -1.72. The molecule has 4 rings (SSSR count). The first-order chi connectivity index (χ1) is 10.1. The molecule has 2 nitrogen and oxygen atoms in total. The summed E-state index contributed by atoms with van der Waals surface area (Å²) in [6.45, 7) is 2.01. The minimum absolute atomic E-state index is 0.960. The standard InChI is InChI=1S/C14H8Br2N2S3/c1-6-17-11-12(18-6)14(8-3-5-10(16)20-8)21-13(11)7-2-4-9(15)19-7/h2-5H,1H3,(H,17,18). The van der Waals surface area contributed by atoms with E-state index >= 15 is 0 Å². The molecule has 0 fully saturated rings. The van der Waals surface area contributed by atoms with Gasteiger partial charge in [-0.3, -0.25) is 0 Å². The number of fused-ring (bicyclic) bond motifs is 1. The highest BCUT2D eigenvalue weighted by molar-refractivity contribution is 9.11. The van der Waals surface area contributed by atoms with Crippen molar-refractivity contribution in [3.8, 4) is 19.5 Å². The monoisotopic (exact) mass is 458 g/mol.